The van der Waals surface area contributed by atoms with E-state index in [1.165, 1.54) is 19.2 Å². The predicted octanol–water partition coefficient (Wildman–Crippen LogP) is 3.44. The van der Waals surface area contributed by atoms with Crippen LogP contribution < -0.4 is 4.74 Å². The van der Waals surface area contributed by atoms with Crippen molar-refractivity contribution in [1.82, 2.24) is 0 Å². The number of carbonyl (C=O) groups is 2. The van der Waals surface area contributed by atoms with Crippen LogP contribution >= 0.6 is 0 Å². The monoisotopic (exact) mass is 296 g/mol. The van der Waals surface area contributed by atoms with Crippen LogP contribution in [0.25, 0.3) is 11.0 Å². The van der Waals surface area contributed by atoms with Crippen molar-refractivity contribution in [1.29, 1.82) is 0 Å². The maximum absolute atomic E-state index is 12.2. The summed E-state index contributed by atoms with van der Waals surface area (Å²) in [6.07, 6.45) is 0. The fourth-order valence-electron chi connectivity index (χ4n) is 2.07. The molecule has 2 aromatic carbocycles. The minimum Gasteiger partial charge on any atom is -0.465 e. The number of hydrogen-bond donors (Lipinski definition) is 0. The molecule has 0 radical (unpaired) electrons. The molecule has 5 heteroatoms. The second kappa shape index (κ2) is 5.73. The Morgan fingerprint density at radius 1 is 0.955 bits per heavy atom. The topological polar surface area (TPSA) is 65.7 Å². The van der Waals surface area contributed by atoms with Gasteiger partial charge in [0.1, 0.15) is 16.9 Å². The molecule has 0 fully saturated rings. The lowest BCUT2D eigenvalue weighted by atomic mass is 10.2. The first-order chi connectivity index (χ1) is 10.7. The lowest BCUT2D eigenvalue weighted by molar-refractivity contribution is 0.0591. The summed E-state index contributed by atoms with van der Waals surface area (Å²) in [6, 6.07) is 15.2. The summed E-state index contributed by atoms with van der Waals surface area (Å²) in [5.41, 5.74) is 0.769. The van der Waals surface area contributed by atoms with E-state index < -0.39 is 11.9 Å². The lowest BCUT2D eigenvalue weighted by Crippen LogP contribution is -2.11. The van der Waals surface area contributed by atoms with E-state index in [-0.39, 0.29) is 17.1 Å². The maximum Gasteiger partial charge on any atom is 0.379 e. The standard InChI is InChI=1S/C17H12O5/c1-20-16(18)12-7-3-5-9-14(12)22-17(19)15-10-11-6-2-4-8-13(11)21-15/h2-10H,1H3. The molecule has 0 saturated heterocycles. The van der Waals surface area contributed by atoms with E-state index in [4.69, 9.17) is 9.15 Å². The summed E-state index contributed by atoms with van der Waals surface area (Å²) in [6.45, 7) is 0. The Kier molecular flexibility index (Phi) is 3.62. The third-order valence-electron chi connectivity index (χ3n) is 3.12. The Balaban J connectivity index is 1.90. The van der Waals surface area contributed by atoms with E-state index >= 15 is 0 Å². The van der Waals surface area contributed by atoms with Crippen molar-refractivity contribution in [2.45, 2.75) is 0 Å². The molecule has 1 heterocycles. The molecule has 22 heavy (non-hydrogen) atoms. The van der Waals surface area contributed by atoms with Gasteiger partial charge in [0.25, 0.3) is 0 Å². The van der Waals surface area contributed by atoms with Crippen molar-refractivity contribution in [3.63, 3.8) is 0 Å². The van der Waals surface area contributed by atoms with Crippen LogP contribution in [0.4, 0.5) is 0 Å². The van der Waals surface area contributed by atoms with Crippen LogP contribution in [0.1, 0.15) is 20.9 Å². The number of carbonyl (C=O) groups excluding carboxylic acids is 2. The van der Waals surface area contributed by atoms with Crippen molar-refractivity contribution >= 4 is 22.9 Å². The van der Waals surface area contributed by atoms with Crippen LogP contribution in [-0.4, -0.2) is 19.0 Å². The van der Waals surface area contributed by atoms with Crippen LogP contribution in [0.15, 0.2) is 59.0 Å². The van der Waals surface area contributed by atoms with E-state index in [0.717, 1.165) is 5.39 Å². The molecule has 0 saturated carbocycles. The molecule has 0 unspecified atom stereocenters. The van der Waals surface area contributed by atoms with Gasteiger partial charge in [-0.15, -0.1) is 0 Å². The minimum atomic E-state index is -0.674. The van der Waals surface area contributed by atoms with Gasteiger partial charge in [-0.1, -0.05) is 30.3 Å². The molecular formula is C17H12O5. The molecule has 0 aliphatic carbocycles. The van der Waals surface area contributed by atoms with Crippen LogP contribution in [0.2, 0.25) is 0 Å². The molecule has 0 bridgehead atoms. The van der Waals surface area contributed by atoms with Crippen molar-refractivity contribution in [2.75, 3.05) is 7.11 Å². The van der Waals surface area contributed by atoms with E-state index in [9.17, 15) is 9.59 Å². The van der Waals surface area contributed by atoms with Gasteiger partial charge in [0.2, 0.25) is 5.76 Å². The number of fused-ring (bicyclic) bond motifs is 1. The summed E-state index contributed by atoms with van der Waals surface area (Å²) >= 11 is 0. The quantitative estimate of drug-likeness (QED) is 0.547. The number of rotatable bonds is 3. The zero-order chi connectivity index (χ0) is 15.5. The zero-order valence-corrected chi connectivity index (χ0v) is 11.7. The molecule has 3 rings (SSSR count). The largest absolute Gasteiger partial charge is 0.465 e. The first-order valence-corrected chi connectivity index (χ1v) is 6.57. The number of furan rings is 1. The normalized spacial score (nSPS) is 10.4. The average Bonchev–Trinajstić information content (AvgIpc) is 2.99. The van der Waals surface area contributed by atoms with Gasteiger partial charge in [0.15, 0.2) is 0 Å². The van der Waals surface area contributed by atoms with E-state index in [2.05, 4.69) is 4.74 Å². The second-order valence-corrected chi connectivity index (χ2v) is 4.53. The highest BCUT2D eigenvalue weighted by Crippen LogP contribution is 2.23. The number of para-hydroxylation sites is 2. The molecule has 1 aromatic heterocycles. The summed E-state index contributed by atoms with van der Waals surface area (Å²) in [7, 11) is 1.26. The molecule has 110 valence electrons. The fraction of sp³-hybridized carbons (Fsp3) is 0.0588. The molecule has 0 spiro atoms. The second-order valence-electron chi connectivity index (χ2n) is 4.53. The number of ether oxygens (including phenoxy) is 2. The van der Waals surface area contributed by atoms with Crippen LogP contribution in [0.3, 0.4) is 0 Å². The van der Waals surface area contributed by atoms with Gasteiger partial charge in [-0.05, 0) is 24.3 Å². The highest BCUT2D eigenvalue weighted by molar-refractivity contribution is 5.97. The highest BCUT2D eigenvalue weighted by Gasteiger charge is 2.19. The zero-order valence-electron chi connectivity index (χ0n) is 11.7. The third kappa shape index (κ3) is 2.56. The van der Waals surface area contributed by atoms with Crippen molar-refractivity contribution in [3.05, 3.63) is 65.9 Å². The van der Waals surface area contributed by atoms with Crippen LogP contribution in [0, 0.1) is 0 Å². The Bertz CT molecular complexity index is 814. The molecule has 3 aromatic rings. The molecule has 0 atom stereocenters. The van der Waals surface area contributed by atoms with Gasteiger partial charge in [-0.25, -0.2) is 9.59 Å². The van der Waals surface area contributed by atoms with Gasteiger partial charge in [-0.2, -0.15) is 0 Å². The van der Waals surface area contributed by atoms with Gasteiger partial charge in [0, 0.05) is 5.39 Å². The van der Waals surface area contributed by atoms with Crippen molar-refractivity contribution in [2.24, 2.45) is 0 Å². The molecular weight excluding hydrogens is 284 g/mol. The lowest BCUT2D eigenvalue weighted by Gasteiger charge is -2.07. The fourth-order valence-corrected chi connectivity index (χ4v) is 2.07. The summed E-state index contributed by atoms with van der Waals surface area (Å²) < 4.78 is 15.3. The van der Waals surface area contributed by atoms with Crippen LogP contribution in [-0.2, 0) is 4.74 Å². The average molecular weight is 296 g/mol. The molecule has 0 aliphatic heterocycles. The van der Waals surface area contributed by atoms with Gasteiger partial charge >= 0.3 is 11.9 Å². The Labute approximate surface area is 126 Å². The number of hydrogen-bond acceptors (Lipinski definition) is 5. The Morgan fingerprint density at radius 2 is 1.68 bits per heavy atom. The van der Waals surface area contributed by atoms with Crippen LogP contribution in [0.5, 0.6) is 5.75 Å². The summed E-state index contributed by atoms with van der Waals surface area (Å²) in [4.78, 5) is 23.8. The van der Waals surface area contributed by atoms with Crippen molar-refractivity contribution in [3.8, 4) is 5.75 Å². The number of esters is 2. The minimum absolute atomic E-state index is 0.0702. The Hall–Kier alpha value is -3.08. The SMILES string of the molecule is COC(=O)c1ccccc1OC(=O)c1cc2ccccc2o1. The van der Waals surface area contributed by atoms with Gasteiger partial charge < -0.3 is 13.9 Å². The number of methoxy groups -OCH3 is 1. The van der Waals surface area contributed by atoms with E-state index in [1.54, 1.807) is 24.3 Å². The third-order valence-corrected chi connectivity index (χ3v) is 3.12. The summed E-state index contributed by atoms with van der Waals surface area (Å²) in [5.74, 6) is -1.05. The van der Waals surface area contributed by atoms with Crippen molar-refractivity contribution < 1.29 is 23.5 Å². The van der Waals surface area contributed by atoms with Gasteiger partial charge in [-0.3, -0.25) is 0 Å². The predicted molar refractivity (Wildman–Crippen MR) is 79.0 cm³/mol. The number of benzene rings is 2. The maximum atomic E-state index is 12.2. The van der Waals surface area contributed by atoms with E-state index in [0.29, 0.717) is 5.58 Å². The smallest absolute Gasteiger partial charge is 0.379 e. The highest BCUT2D eigenvalue weighted by atomic mass is 16.6. The van der Waals surface area contributed by atoms with Gasteiger partial charge in [0.05, 0.1) is 7.11 Å². The van der Waals surface area contributed by atoms with E-state index in [1.807, 2.05) is 18.2 Å². The molecule has 0 N–H and O–H groups in total. The molecule has 5 nitrogen and oxygen atoms in total. The first kappa shape index (κ1) is 13.9. The Morgan fingerprint density at radius 3 is 2.45 bits per heavy atom. The molecule has 0 aliphatic rings. The first-order valence-electron chi connectivity index (χ1n) is 6.57. The summed E-state index contributed by atoms with van der Waals surface area (Å²) in [5, 5.41) is 0.802. The molecule has 0 amide bonds.